The van der Waals surface area contributed by atoms with Crippen LogP contribution in [0.1, 0.15) is 5.56 Å². The van der Waals surface area contributed by atoms with Gasteiger partial charge < -0.3 is 4.90 Å². The second-order valence-electron chi connectivity index (χ2n) is 4.35. The predicted molar refractivity (Wildman–Crippen MR) is 68.9 cm³/mol. The molecule has 3 rings (SSSR count). The Morgan fingerprint density at radius 2 is 1.56 bits per heavy atom. The van der Waals surface area contributed by atoms with E-state index in [1.807, 2.05) is 0 Å². The number of anilines is 1. The van der Waals surface area contributed by atoms with Crippen LogP contribution >= 0.6 is 0 Å². The Morgan fingerprint density at radius 3 is 2.44 bits per heavy atom. The van der Waals surface area contributed by atoms with Crippen molar-refractivity contribution in [3.8, 4) is 11.1 Å². The second-order valence-corrected chi connectivity index (χ2v) is 4.35. The number of hydrogen-bond donors (Lipinski definition) is 0. The Hall–Kier alpha value is -1.76. The molecule has 1 nitrogen and oxygen atoms in total. The summed E-state index contributed by atoms with van der Waals surface area (Å²) in [5, 5.41) is 0. The highest BCUT2D eigenvalue weighted by Gasteiger charge is 2.15. The van der Waals surface area contributed by atoms with Crippen LogP contribution in [0, 0.1) is 0 Å². The third-order valence-corrected chi connectivity index (χ3v) is 3.34. The number of hydrogen-bond acceptors (Lipinski definition) is 1. The van der Waals surface area contributed by atoms with E-state index in [0.717, 1.165) is 13.0 Å². The van der Waals surface area contributed by atoms with Gasteiger partial charge >= 0.3 is 0 Å². The monoisotopic (exact) mass is 209 g/mol. The number of benzene rings is 2. The maximum Gasteiger partial charge on any atom is 0.0443 e. The minimum Gasteiger partial charge on any atom is -0.374 e. The van der Waals surface area contributed by atoms with Gasteiger partial charge in [-0.05, 0) is 23.6 Å². The first-order chi connectivity index (χ1) is 7.86. The van der Waals surface area contributed by atoms with Crippen molar-refractivity contribution in [3.05, 3.63) is 54.1 Å². The second kappa shape index (κ2) is 3.67. The van der Waals surface area contributed by atoms with E-state index in [4.69, 9.17) is 0 Å². The van der Waals surface area contributed by atoms with Crippen LogP contribution in [0.25, 0.3) is 11.1 Å². The van der Waals surface area contributed by atoms with Gasteiger partial charge in [0.25, 0.3) is 0 Å². The Balaban J connectivity index is 2.28. The zero-order valence-corrected chi connectivity index (χ0v) is 9.48. The predicted octanol–water partition coefficient (Wildman–Crippen LogP) is 3.35. The van der Waals surface area contributed by atoms with Gasteiger partial charge in [0.15, 0.2) is 0 Å². The van der Waals surface area contributed by atoms with Gasteiger partial charge in [0.1, 0.15) is 0 Å². The molecule has 0 saturated carbocycles. The zero-order valence-electron chi connectivity index (χ0n) is 9.48. The highest BCUT2D eigenvalue weighted by atomic mass is 15.1. The molecule has 1 aliphatic heterocycles. The molecule has 1 heterocycles. The smallest absolute Gasteiger partial charge is 0.0443 e. The molecule has 1 aliphatic rings. The Bertz CT molecular complexity index is 516. The fourth-order valence-corrected chi connectivity index (χ4v) is 2.44. The molecule has 0 fully saturated rings. The van der Waals surface area contributed by atoms with Crippen molar-refractivity contribution < 1.29 is 0 Å². The number of para-hydroxylation sites is 1. The van der Waals surface area contributed by atoms with Crippen molar-refractivity contribution in [2.45, 2.75) is 6.42 Å². The van der Waals surface area contributed by atoms with E-state index in [-0.39, 0.29) is 0 Å². The van der Waals surface area contributed by atoms with E-state index in [0.29, 0.717) is 0 Å². The van der Waals surface area contributed by atoms with Gasteiger partial charge in [-0.2, -0.15) is 0 Å². The average Bonchev–Trinajstić information content (AvgIpc) is 2.49. The molecule has 0 saturated heterocycles. The number of fused-ring (bicyclic) bond motifs is 3. The first-order valence-electron chi connectivity index (χ1n) is 5.75. The lowest BCUT2D eigenvalue weighted by atomic mass is 9.98. The van der Waals surface area contributed by atoms with Crippen molar-refractivity contribution in [2.75, 3.05) is 18.5 Å². The molecule has 0 bridgehead atoms. The van der Waals surface area contributed by atoms with Crippen LogP contribution in [0.2, 0.25) is 0 Å². The van der Waals surface area contributed by atoms with E-state index < -0.39 is 0 Å². The van der Waals surface area contributed by atoms with Crippen LogP contribution in [0.5, 0.6) is 0 Å². The van der Waals surface area contributed by atoms with E-state index in [1.165, 1.54) is 22.4 Å². The molecule has 0 N–H and O–H groups in total. The third-order valence-electron chi connectivity index (χ3n) is 3.34. The van der Waals surface area contributed by atoms with E-state index in [1.54, 1.807) is 0 Å². The molecule has 2 aromatic carbocycles. The Kier molecular flexibility index (Phi) is 2.17. The van der Waals surface area contributed by atoms with Crippen molar-refractivity contribution >= 4 is 5.69 Å². The molecule has 80 valence electrons. The molecule has 0 atom stereocenters. The van der Waals surface area contributed by atoms with Gasteiger partial charge in [-0.15, -0.1) is 0 Å². The van der Waals surface area contributed by atoms with E-state index in [9.17, 15) is 0 Å². The van der Waals surface area contributed by atoms with Crippen LogP contribution in [-0.2, 0) is 6.42 Å². The van der Waals surface area contributed by atoms with Crippen LogP contribution in [0.15, 0.2) is 48.5 Å². The fourth-order valence-electron chi connectivity index (χ4n) is 2.44. The number of likely N-dealkylation sites (N-methyl/N-ethyl adjacent to an activating group) is 1. The Morgan fingerprint density at radius 1 is 0.875 bits per heavy atom. The molecule has 2 aromatic rings. The molecule has 0 amide bonds. The maximum absolute atomic E-state index is 2.34. The van der Waals surface area contributed by atoms with Crippen LogP contribution in [0.3, 0.4) is 0 Å². The van der Waals surface area contributed by atoms with Gasteiger partial charge in [-0.1, -0.05) is 42.5 Å². The summed E-state index contributed by atoms with van der Waals surface area (Å²) in [5.41, 5.74) is 5.55. The SMILES string of the molecule is CN1CCc2ccccc2-c2ccccc21. The minimum absolute atomic E-state index is 1.09. The molecular formula is C15H15N. The third kappa shape index (κ3) is 1.40. The quantitative estimate of drug-likeness (QED) is 0.643. The maximum atomic E-state index is 2.34. The van der Waals surface area contributed by atoms with E-state index in [2.05, 4.69) is 60.5 Å². The van der Waals surface area contributed by atoms with E-state index >= 15 is 0 Å². The van der Waals surface area contributed by atoms with Gasteiger partial charge in [0.2, 0.25) is 0 Å². The summed E-state index contributed by atoms with van der Waals surface area (Å²) in [7, 11) is 2.17. The Labute approximate surface area is 96.3 Å². The largest absolute Gasteiger partial charge is 0.374 e. The van der Waals surface area contributed by atoms with Crippen molar-refractivity contribution in [1.82, 2.24) is 0 Å². The van der Waals surface area contributed by atoms with Crippen LogP contribution in [0.4, 0.5) is 5.69 Å². The lowest BCUT2D eigenvalue weighted by Crippen LogP contribution is -2.18. The first-order valence-corrected chi connectivity index (χ1v) is 5.75. The zero-order chi connectivity index (χ0) is 11.0. The topological polar surface area (TPSA) is 3.24 Å². The number of rotatable bonds is 0. The summed E-state index contributed by atoms with van der Waals surface area (Å²) in [6.45, 7) is 1.09. The standard InChI is InChI=1S/C15H15N/c1-16-11-10-12-6-2-3-7-13(12)14-8-4-5-9-15(14)16/h2-9H,10-11H2,1H3. The normalized spacial score (nSPS) is 13.9. The lowest BCUT2D eigenvalue weighted by molar-refractivity contribution is 0.889. The van der Waals surface area contributed by atoms with Crippen LogP contribution < -0.4 is 4.90 Å². The summed E-state index contributed by atoms with van der Waals surface area (Å²) in [5.74, 6) is 0. The highest BCUT2D eigenvalue weighted by molar-refractivity contribution is 5.81. The van der Waals surface area contributed by atoms with Gasteiger partial charge in [-0.3, -0.25) is 0 Å². The van der Waals surface area contributed by atoms with Crippen LogP contribution in [-0.4, -0.2) is 13.6 Å². The molecular weight excluding hydrogens is 194 g/mol. The fraction of sp³-hybridized carbons (Fsp3) is 0.200. The summed E-state index contributed by atoms with van der Waals surface area (Å²) in [4.78, 5) is 2.34. The van der Waals surface area contributed by atoms with Gasteiger partial charge in [0.05, 0.1) is 0 Å². The average molecular weight is 209 g/mol. The summed E-state index contributed by atoms with van der Waals surface area (Å²) in [6.07, 6.45) is 1.13. The molecule has 0 spiro atoms. The molecule has 0 unspecified atom stereocenters. The van der Waals surface area contributed by atoms with Gasteiger partial charge in [-0.25, -0.2) is 0 Å². The minimum atomic E-state index is 1.09. The summed E-state index contributed by atoms with van der Waals surface area (Å²) >= 11 is 0. The molecule has 0 aliphatic carbocycles. The molecule has 0 aromatic heterocycles. The first kappa shape index (κ1) is 9.46. The summed E-state index contributed by atoms with van der Waals surface area (Å²) < 4.78 is 0. The van der Waals surface area contributed by atoms with Crippen molar-refractivity contribution in [2.24, 2.45) is 0 Å². The van der Waals surface area contributed by atoms with Gasteiger partial charge in [0, 0.05) is 24.8 Å². The lowest BCUT2D eigenvalue weighted by Gasteiger charge is -2.18. The van der Waals surface area contributed by atoms with Crippen molar-refractivity contribution in [1.29, 1.82) is 0 Å². The number of nitrogens with zero attached hydrogens (tertiary/aromatic N) is 1. The molecule has 1 heteroatoms. The summed E-state index contributed by atoms with van der Waals surface area (Å²) in [6, 6.07) is 17.4. The molecule has 16 heavy (non-hydrogen) atoms. The highest BCUT2D eigenvalue weighted by Crippen LogP contribution is 2.35. The van der Waals surface area contributed by atoms with Crippen molar-refractivity contribution in [3.63, 3.8) is 0 Å². The molecule has 0 radical (unpaired) electrons.